The minimum Gasteiger partial charge on any atom is -0.399 e. The van der Waals surface area contributed by atoms with Crippen LogP contribution < -0.4 is 11.1 Å². The number of benzene rings is 2. The number of nitrogens with two attached hydrogens (primary N) is 1. The Morgan fingerprint density at radius 1 is 1.24 bits per heavy atom. The number of carbonyl (C=O) groups is 1. The summed E-state index contributed by atoms with van der Waals surface area (Å²) in [6.07, 6.45) is 0. The van der Waals surface area contributed by atoms with Gasteiger partial charge in [0.2, 0.25) is 0 Å². The number of hydrogen-bond acceptors (Lipinski definition) is 2. The molecule has 0 aliphatic carbocycles. The number of urea groups is 1. The highest BCUT2D eigenvalue weighted by atomic mass is 35.5. The monoisotopic (exact) mass is 303 g/mol. The van der Waals surface area contributed by atoms with Crippen molar-refractivity contribution in [2.24, 2.45) is 0 Å². The molecule has 21 heavy (non-hydrogen) atoms. The standard InChI is InChI=1S/C16H18ClN3O/c1-11(12-4-3-5-14(18)10-12)20(2)16(21)19-15-8-6-13(17)7-9-15/h3-11H,18H2,1-2H3,(H,19,21). The van der Waals surface area contributed by atoms with Gasteiger partial charge in [-0.3, -0.25) is 0 Å². The zero-order valence-electron chi connectivity index (χ0n) is 12.0. The first-order valence-corrected chi connectivity index (χ1v) is 7.00. The minimum absolute atomic E-state index is 0.0826. The highest BCUT2D eigenvalue weighted by Crippen LogP contribution is 2.22. The van der Waals surface area contributed by atoms with Gasteiger partial charge in [-0.05, 0) is 48.9 Å². The average molecular weight is 304 g/mol. The predicted molar refractivity (Wildman–Crippen MR) is 87.5 cm³/mol. The van der Waals surface area contributed by atoms with Crippen LogP contribution in [0.15, 0.2) is 48.5 Å². The van der Waals surface area contributed by atoms with E-state index >= 15 is 0 Å². The average Bonchev–Trinajstić information content (AvgIpc) is 2.48. The molecule has 2 aromatic carbocycles. The molecular weight excluding hydrogens is 286 g/mol. The molecule has 0 saturated heterocycles. The minimum atomic E-state index is -0.188. The lowest BCUT2D eigenvalue weighted by molar-refractivity contribution is 0.208. The molecule has 0 aliphatic rings. The quantitative estimate of drug-likeness (QED) is 0.837. The van der Waals surface area contributed by atoms with E-state index in [1.165, 1.54) is 0 Å². The number of nitrogens with zero attached hydrogens (tertiary/aromatic N) is 1. The Bertz CT molecular complexity index is 628. The van der Waals surface area contributed by atoms with E-state index in [4.69, 9.17) is 17.3 Å². The van der Waals surface area contributed by atoms with Crippen LogP contribution in [0.4, 0.5) is 16.2 Å². The second-order valence-corrected chi connectivity index (χ2v) is 5.33. The number of nitrogens with one attached hydrogen (secondary N) is 1. The normalized spacial score (nSPS) is 11.8. The largest absolute Gasteiger partial charge is 0.399 e. The van der Waals surface area contributed by atoms with E-state index in [0.717, 1.165) is 5.56 Å². The second kappa shape index (κ2) is 6.50. The van der Waals surface area contributed by atoms with Gasteiger partial charge in [-0.1, -0.05) is 23.7 Å². The molecule has 2 aromatic rings. The lowest BCUT2D eigenvalue weighted by Crippen LogP contribution is -2.33. The lowest BCUT2D eigenvalue weighted by atomic mass is 10.1. The van der Waals surface area contributed by atoms with Crippen molar-refractivity contribution in [3.8, 4) is 0 Å². The van der Waals surface area contributed by atoms with Crippen LogP contribution in [0, 0.1) is 0 Å². The van der Waals surface area contributed by atoms with Crippen LogP contribution in [0.2, 0.25) is 5.02 Å². The summed E-state index contributed by atoms with van der Waals surface area (Å²) in [5, 5.41) is 3.47. The molecule has 0 spiro atoms. The van der Waals surface area contributed by atoms with E-state index in [0.29, 0.717) is 16.4 Å². The smallest absolute Gasteiger partial charge is 0.322 e. The fourth-order valence-corrected chi connectivity index (χ4v) is 2.09. The number of rotatable bonds is 3. The van der Waals surface area contributed by atoms with Gasteiger partial charge in [0.25, 0.3) is 0 Å². The molecule has 0 saturated carbocycles. The third-order valence-corrected chi connectivity index (χ3v) is 3.64. The van der Waals surface area contributed by atoms with Crippen LogP contribution in [-0.4, -0.2) is 18.0 Å². The molecule has 5 heteroatoms. The Morgan fingerprint density at radius 2 is 1.90 bits per heavy atom. The van der Waals surface area contributed by atoms with E-state index in [1.807, 2.05) is 31.2 Å². The summed E-state index contributed by atoms with van der Waals surface area (Å²) in [6, 6.07) is 14.3. The number of amides is 2. The Balaban J connectivity index is 2.06. The number of hydrogen-bond donors (Lipinski definition) is 2. The molecule has 0 bridgehead atoms. The molecule has 0 fully saturated rings. The first-order valence-electron chi connectivity index (χ1n) is 6.62. The van der Waals surface area contributed by atoms with Crippen LogP contribution >= 0.6 is 11.6 Å². The lowest BCUT2D eigenvalue weighted by Gasteiger charge is -2.25. The maximum absolute atomic E-state index is 12.2. The molecular formula is C16H18ClN3O. The van der Waals surface area contributed by atoms with Crippen LogP contribution in [0.5, 0.6) is 0 Å². The van der Waals surface area contributed by atoms with Crippen LogP contribution in [0.25, 0.3) is 0 Å². The Kier molecular flexibility index (Phi) is 4.70. The summed E-state index contributed by atoms with van der Waals surface area (Å²) >= 11 is 5.82. The molecule has 4 nitrogen and oxygen atoms in total. The fourth-order valence-electron chi connectivity index (χ4n) is 1.96. The summed E-state index contributed by atoms with van der Waals surface area (Å²) in [5.41, 5.74) is 8.16. The highest BCUT2D eigenvalue weighted by Gasteiger charge is 2.17. The second-order valence-electron chi connectivity index (χ2n) is 4.89. The van der Waals surface area contributed by atoms with Gasteiger partial charge in [0.05, 0.1) is 6.04 Å². The maximum atomic E-state index is 12.2. The van der Waals surface area contributed by atoms with E-state index in [-0.39, 0.29) is 12.1 Å². The Labute approximate surface area is 129 Å². The van der Waals surface area contributed by atoms with E-state index in [1.54, 1.807) is 36.2 Å². The molecule has 0 aromatic heterocycles. The molecule has 1 atom stereocenters. The predicted octanol–water partition coefficient (Wildman–Crippen LogP) is 4.15. The Morgan fingerprint density at radius 3 is 2.52 bits per heavy atom. The van der Waals surface area contributed by atoms with Gasteiger partial charge in [0.1, 0.15) is 0 Å². The van der Waals surface area contributed by atoms with Gasteiger partial charge in [-0.15, -0.1) is 0 Å². The van der Waals surface area contributed by atoms with Crippen LogP contribution in [0.1, 0.15) is 18.5 Å². The molecule has 2 rings (SSSR count). The van der Waals surface area contributed by atoms with Gasteiger partial charge in [-0.25, -0.2) is 4.79 Å². The van der Waals surface area contributed by atoms with Gasteiger partial charge in [0.15, 0.2) is 0 Å². The van der Waals surface area contributed by atoms with Crippen molar-refractivity contribution in [2.45, 2.75) is 13.0 Å². The van der Waals surface area contributed by atoms with Crippen molar-refractivity contribution >= 4 is 29.0 Å². The van der Waals surface area contributed by atoms with E-state index < -0.39 is 0 Å². The molecule has 1 unspecified atom stereocenters. The van der Waals surface area contributed by atoms with Crippen molar-refractivity contribution in [3.05, 3.63) is 59.1 Å². The van der Waals surface area contributed by atoms with Crippen molar-refractivity contribution < 1.29 is 4.79 Å². The number of anilines is 2. The molecule has 0 aliphatic heterocycles. The summed E-state index contributed by atoms with van der Waals surface area (Å²) in [6.45, 7) is 1.95. The van der Waals surface area contributed by atoms with Crippen LogP contribution in [-0.2, 0) is 0 Å². The maximum Gasteiger partial charge on any atom is 0.322 e. The topological polar surface area (TPSA) is 58.4 Å². The van der Waals surface area contributed by atoms with Crippen molar-refractivity contribution in [3.63, 3.8) is 0 Å². The SMILES string of the molecule is CC(c1cccc(N)c1)N(C)C(=O)Nc1ccc(Cl)cc1. The molecule has 3 N–H and O–H groups in total. The van der Waals surface area contributed by atoms with E-state index in [9.17, 15) is 4.79 Å². The summed E-state index contributed by atoms with van der Waals surface area (Å²) in [4.78, 5) is 13.9. The van der Waals surface area contributed by atoms with Gasteiger partial charge in [-0.2, -0.15) is 0 Å². The highest BCUT2D eigenvalue weighted by molar-refractivity contribution is 6.30. The van der Waals surface area contributed by atoms with Crippen LogP contribution in [0.3, 0.4) is 0 Å². The molecule has 2 amide bonds. The van der Waals surface area contributed by atoms with Gasteiger partial charge in [0, 0.05) is 23.4 Å². The fraction of sp³-hybridized carbons (Fsp3) is 0.188. The third kappa shape index (κ3) is 3.89. The Hall–Kier alpha value is -2.20. The molecule has 0 radical (unpaired) electrons. The zero-order chi connectivity index (χ0) is 15.4. The van der Waals surface area contributed by atoms with Crippen molar-refractivity contribution in [2.75, 3.05) is 18.1 Å². The summed E-state index contributed by atoms with van der Waals surface area (Å²) < 4.78 is 0. The third-order valence-electron chi connectivity index (χ3n) is 3.39. The molecule has 0 heterocycles. The number of halogens is 1. The molecule has 110 valence electrons. The van der Waals surface area contributed by atoms with Gasteiger partial charge < -0.3 is 16.0 Å². The number of nitrogen functional groups attached to an aromatic ring is 1. The summed E-state index contributed by atoms with van der Waals surface area (Å²) in [7, 11) is 1.75. The summed E-state index contributed by atoms with van der Waals surface area (Å²) in [5.74, 6) is 0. The zero-order valence-corrected chi connectivity index (χ0v) is 12.8. The number of carbonyl (C=O) groups excluding carboxylic acids is 1. The first-order chi connectivity index (χ1) is 9.97. The van der Waals surface area contributed by atoms with Crippen molar-refractivity contribution in [1.82, 2.24) is 4.90 Å². The van der Waals surface area contributed by atoms with Gasteiger partial charge >= 0.3 is 6.03 Å². The first kappa shape index (κ1) is 15.2. The van der Waals surface area contributed by atoms with E-state index in [2.05, 4.69) is 5.32 Å². The van der Waals surface area contributed by atoms with Crippen molar-refractivity contribution in [1.29, 1.82) is 0 Å².